The van der Waals surface area contributed by atoms with Crippen LogP contribution < -0.4 is 0 Å². The predicted molar refractivity (Wildman–Crippen MR) is 243 cm³/mol. The van der Waals surface area contributed by atoms with Gasteiger partial charge in [0.15, 0.2) is 0 Å². The highest BCUT2D eigenvalue weighted by atomic mass is 15.2. The van der Waals surface area contributed by atoms with E-state index in [4.69, 9.17) is 0 Å². The number of aromatic nitrogens is 3. The summed E-state index contributed by atoms with van der Waals surface area (Å²) in [5.74, 6) is 0. The van der Waals surface area contributed by atoms with Gasteiger partial charge in [-0.1, -0.05) is 147 Å². The van der Waals surface area contributed by atoms with E-state index in [1.165, 1.54) is 94.1 Å². The fourth-order valence-corrected chi connectivity index (χ4v) is 10.2. The molecule has 10 aromatic rings. The Labute approximate surface area is 338 Å². The monoisotopic (exact) mass is 743 g/mol. The number of hydrogen-bond acceptors (Lipinski definition) is 0. The SMILES string of the molecule is CC1(C)C2=CC=CCC2n2c1cc1c3ccccc3n(-c3ccc(-c4ccc(-n5c6ccc(-c7ccccc7)cc6c6cc(-c7ccccc7)ccc65)cc4)cc3)c12. The molecule has 3 heteroatoms. The Bertz CT molecular complexity index is 3200. The average molecular weight is 744 g/mol. The number of benzene rings is 7. The van der Waals surface area contributed by atoms with Crippen molar-refractivity contribution in [3.05, 3.63) is 205 Å². The lowest BCUT2D eigenvalue weighted by Crippen LogP contribution is -2.17. The van der Waals surface area contributed by atoms with Gasteiger partial charge in [0.25, 0.3) is 0 Å². The molecule has 0 saturated carbocycles. The van der Waals surface area contributed by atoms with Crippen molar-refractivity contribution in [2.75, 3.05) is 0 Å². The largest absolute Gasteiger partial charge is 0.322 e. The first-order chi connectivity index (χ1) is 28.5. The summed E-state index contributed by atoms with van der Waals surface area (Å²) in [5, 5.41) is 5.16. The van der Waals surface area contributed by atoms with E-state index in [9.17, 15) is 0 Å². The first-order valence-electron chi connectivity index (χ1n) is 20.5. The van der Waals surface area contributed by atoms with Crippen LogP contribution in [-0.4, -0.2) is 13.7 Å². The van der Waals surface area contributed by atoms with Crippen LogP contribution in [0.25, 0.3) is 88.5 Å². The van der Waals surface area contributed by atoms with Crippen LogP contribution in [-0.2, 0) is 5.41 Å². The van der Waals surface area contributed by atoms with Crippen molar-refractivity contribution in [2.24, 2.45) is 0 Å². The fraction of sp³-hybridized carbons (Fsp3) is 0.0909. The van der Waals surface area contributed by atoms with E-state index in [1.54, 1.807) is 0 Å². The minimum Gasteiger partial charge on any atom is -0.322 e. The van der Waals surface area contributed by atoms with Gasteiger partial charge >= 0.3 is 0 Å². The van der Waals surface area contributed by atoms with Crippen LogP contribution in [0, 0.1) is 0 Å². The van der Waals surface area contributed by atoms with Crippen LogP contribution in [0.15, 0.2) is 200 Å². The molecule has 1 aliphatic carbocycles. The summed E-state index contributed by atoms with van der Waals surface area (Å²) in [4.78, 5) is 0. The van der Waals surface area contributed by atoms with Crippen LogP contribution in [0.1, 0.15) is 32.0 Å². The molecule has 2 aliphatic rings. The van der Waals surface area contributed by atoms with Gasteiger partial charge in [0.05, 0.1) is 22.6 Å². The van der Waals surface area contributed by atoms with Crippen molar-refractivity contribution in [1.82, 2.24) is 13.7 Å². The smallest absolute Gasteiger partial charge is 0.126 e. The lowest BCUT2D eigenvalue weighted by molar-refractivity contribution is 0.589. The molecular formula is C55H41N3. The highest BCUT2D eigenvalue weighted by Crippen LogP contribution is 2.53. The molecule has 3 nitrogen and oxygen atoms in total. The molecule has 12 rings (SSSR count). The van der Waals surface area contributed by atoms with E-state index in [2.05, 4.69) is 222 Å². The van der Waals surface area contributed by atoms with Crippen molar-refractivity contribution < 1.29 is 0 Å². The molecule has 58 heavy (non-hydrogen) atoms. The normalized spacial score (nSPS) is 15.7. The van der Waals surface area contributed by atoms with Gasteiger partial charge in [-0.25, -0.2) is 0 Å². The van der Waals surface area contributed by atoms with Gasteiger partial charge in [-0.15, -0.1) is 0 Å². The number of allylic oxidation sites excluding steroid dienone is 4. The quantitative estimate of drug-likeness (QED) is 0.167. The van der Waals surface area contributed by atoms with Crippen LogP contribution in [0.3, 0.4) is 0 Å². The lowest BCUT2D eigenvalue weighted by Gasteiger charge is -2.24. The summed E-state index contributed by atoms with van der Waals surface area (Å²) in [6.07, 6.45) is 7.94. The maximum atomic E-state index is 2.64. The summed E-state index contributed by atoms with van der Waals surface area (Å²) in [5.41, 5.74) is 17.5. The zero-order valence-corrected chi connectivity index (χ0v) is 32.6. The van der Waals surface area contributed by atoms with E-state index in [-0.39, 0.29) is 5.41 Å². The highest BCUT2D eigenvalue weighted by Gasteiger charge is 2.44. The van der Waals surface area contributed by atoms with E-state index in [0.29, 0.717) is 6.04 Å². The lowest BCUT2D eigenvalue weighted by atomic mass is 9.79. The molecule has 1 aliphatic heterocycles. The molecule has 276 valence electrons. The molecule has 0 bridgehead atoms. The van der Waals surface area contributed by atoms with Crippen LogP contribution in [0.2, 0.25) is 0 Å². The second kappa shape index (κ2) is 12.4. The van der Waals surface area contributed by atoms with Gasteiger partial charge in [0.2, 0.25) is 0 Å². The van der Waals surface area contributed by atoms with Gasteiger partial charge in [0.1, 0.15) is 5.65 Å². The molecule has 0 fully saturated rings. The van der Waals surface area contributed by atoms with Crippen LogP contribution >= 0.6 is 0 Å². The zero-order valence-electron chi connectivity index (χ0n) is 32.6. The van der Waals surface area contributed by atoms with E-state index >= 15 is 0 Å². The summed E-state index contributed by atoms with van der Waals surface area (Å²) in [7, 11) is 0. The topological polar surface area (TPSA) is 14.8 Å². The summed E-state index contributed by atoms with van der Waals surface area (Å²) in [6, 6.07) is 65.2. The third kappa shape index (κ3) is 4.80. The number of fused-ring (bicyclic) bond motifs is 10. The third-order valence-electron chi connectivity index (χ3n) is 13.0. The standard InChI is InChI=1S/C55H41N3/c1-55(2)48-18-10-12-20-52(48)58-53(55)35-47-44-17-9-11-19-49(44)57(54(47)58)43-29-23-39(24-30-43)38-21-27-42(28-22-38)56-50-31-25-40(36-13-5-3-6-14-36)33-45(50)46-34-41(26-32-51(46)56)37-15-7-4-8-16-37/h3-19,21-35,52H,20H2,1-2H3. The van der Waals surface area contributed by atoms with Gasteiger partial charge < -0.3 is 9.13 Å². The molecule has 4 heterocycles. The van der Waals surface area contributed by atoms with Crippen molar-refractivity contribution in [3.63, 3.8) is 0 Å². The number of para-hydroxylation sites is 1. The zero-order chi connectivity index (χ0) is 38.5. The second-order valence-corrected chi connectivity index (χ2v) is 16.5. The number of rotatable bonds is 5. The maximum Gasteiger partial charge on any atom is 0.126 e. The Balaban J connectivity index is 0.944. The van der Waals surface area contributed by atoms with E-state index in [0.717, 1.165) is 12.1 Å². The Morgan fingerprint density at radius 1 is 0.448 bits per heavy atom. The van der Waals surface area contributed by atoms with Crippen molar-refractivity contribution in [2.45, 2.75) is 31.7 Å². The molecular weight excluding hydrogens is 703 g/mol. The van der Waals surface area contributed by atoms with Gasteiger partial charge in [-0.2, -0.15) is 0 Å². The van der Waals surface area contributed by atoms with Crippen molar-refractivity contribution >= 4 is 43.7 Å². The predicted octanol–water partition coefficient (Wildman–Crippen LogP) is 14.4. The van der Waals surface area contributed by atoms with E-state index in [1.807, 2.05) is 0 Å². The van der Waals surface area contributed by atoms with E-state index < -0.39 is 0 Å². The Kier molecular flexibility index (Phi) is 7.10. The van der Waals surface area contributed by atoms with Crippen molar-refractivity contribution in [1.29, 1.82) is 0 Å². The Morgan fingerprint density at radius 3 is 1.55 bits per heavy atom. The van der Waals surface area contributed by atoms with Crippen LogP contribution in [0.5, 0.6) is 0 Å². The maximum absolute atomic E-state index is 2.64. The van der Waals surface area contributed by atoms with Gasteiger partial charge in [0, 0.05) is 44.0 Å². The third-order valence-corrected chi connectivity index (χ3v) is 13.0. The summed E-state index contributed by atoms with van der Waals surface area (Å²) in [6.45, 7) is 4.78. The van der Waals surface area contributed by atoms with Gasteiger partial charge in [-0.05, 0) is 106 Å². The minimum absolute atomic E-state index is 0.00810. The molecule has 3 aromatic heterocycles. The van der Waals surface area contributed by atoms with Gasteiger partial charge in [-0.3, -0.25) is 4.57 Å². The fourth-order valence-electron chi connectivity index (χ4n) is 10.2. The first-order valence-corrected chi connectivity index (χ1v) is 20.5. The first kappa shape index (κ1) is 33.1. The molecule has 1 atom stereocenters. The highest BCUT2D eigenvalue weighted by molar-refractivity contribution is 6.12. The summed E-state index contributed by atoms with van der Waals surface area (Å²) < 4.78 is 7.55. The Hall–Kier alpha value is -7.10. The molecule has 7 aromatic carbocycles. The minimum atomic E-state index is -0.00810. The molecule has 0 spiro atoms. The Morgan fingerprint density at radius 2 is 0.948 bits per heavy atom. The molecule has 0 amide bonds. The number of nitrogens with zero attached hydrogens (tertiary/aromatic N) is 3. The molecule has 1 unspecified atom stereocenters. The molecule has 0 radical (unpaired) electrons. The second-order valence-electron chi connectivity index (χ2n) is 16.5. The van der Waals surface area contributed by atoms with Crippen LogP contribution in [0.4, 0.5) is 0 Å². The average Bonchev–Trinajstić information content (AvgIpc) is 3.99. The summed E-state index contributed by atoms with van der Waals surface area (Å²) >= 11 is 0. The number of hydrogen-bond donors (Lipinski definition) is 0. The molecule has 0 saturated heterocycles. The molecule has 0 N–H and O–H groups in total. The van der Waals surface area contributed by atoms with Crippen molar-refractivity contribution in [3.8, 4) is 44.8 Å².